The quantitative estimate of drug-likeness (QED) is 0.857. The van der Waals surface area contributed by atoms with Gasteiger partial charge in [-0.1, -0.05) is 42.5 Å². The van der Waals surface area contributed by atoms with Gasteiger partial charge in [0, 0.05) is 6.04 Å². The lowest BCUT2D eigenvalue weighted by atomic mass is 9.79. The molecule has 110 valence electrons. The van der Waals surface area contributed by atoms with E-state index in [0.717, 1.165) is 6.42 Å². The minimum atomic E-state index is 0.139. The van der Waals surface area contributed by atoms with E-state index >= 15 is 0 Å². The largest absolute Gasteiger partial charge is 0.324 e. The molecule has 1 heteroatoms. The SMILES string of the molecule is Cc1ccc(C(N)CC2CCCc3ccccc32)cc1C. The van der Waals surface area contributed by atoms with Crippen LogP contribution in [0.25, 0.3) is 0 Å². The van der Waals surface area contributed by atoms with Crippen LogP contribution in [0.4, 0.5) is 0 Å². The van der Waals surface area contributed by atoms with Crippen LogP contribution in [0.15, 0.2) is 42.5 Å². The highest BCUT2D eigenvalue weighted by Gasteiger charge is 2.22. The van der Waals surface area contributed by atoms with Crippen molar-refractivity contribution in [3.63, 3.8) is 0 Å². The number of hydrogen-bond acceptors (Lipinski definition) is 1. The van der Waals surface area contributed by atoms with Crippen molar-refractivity contribution in [3.05, 3.63) is 70.3 Å². The van der Waals surface area contributed by atoms with Gasteiger partial charge in [-0.25, -0.2) is 0 Å². The summed E-state index contributed by atoms with van der Waals surface area (Å²) in [7, 11) is 0. The van der Waals surface area contributed by atoms with Crippen LogP contribution in [0.5, 0.6) is 0 Å². The molecule has 0 aromatic heterocycles. The van der Waals surface area contributed by atoms with Gasteiger partial charge in [0.05, 0.1) is 0 Å². The van der Waals surface area contributed by atoms with Crippen LogP contribution in [0.1, 0.15) is 59.0 Å². The Morgan fingerprint density at radius 2 is 1.90 bits per heavy atom. The van der Waals surface area contributed by atoms with Gasteiger partial charge in [-0.05, 0) is 73.3 Å². The molecule has 3 rings (SSSR count). The lowest BCUT2D eigenvalue weighted by molar-refractivity contribution is 0.476. The molecule has 0 saturated heterocycles. The second-order valence-electron chi connectivity index (χ2n) is 6.47. The fourth-order valence-electron chi connectivity index (χ4n) is 3.54. The fraction of sp³-hybridized carbons (Fsp3) is 0.400. The van der Waals surface area contributed by atoms with Crippen molar-refractivity contribution in [1.82, 2.24) is 0 Å². The lowest BCUT2D eigenvalue weighted by Gasteiger charge is -2.28. The summed E-state index contributed by atoms with van der Waals surface area (Å²) < 4.78 is 0. The number of nitrogens with two attached hydrogens (primary N) is 1. The second-order valence-corrected chi connectivity index (χ2v) is 6.47. The molecule has 1 nitrogen and oxygen atoms in total. The molecule has 0 aliphatic heterocycles. The van der Waals surface area contributed by atoms with E-state index in [2.05, 4.69) is 56.3 Å². The molecular weight excluding hydrogens is 254 g/mol. The first kappa shape index (κ1) is 14.3. The summed E-state index contributed by atoms with van der Waals surface area (Å²) in [6.07, 6.45) is 4.85. The molecule has 2 aromatic carbocycles. The Balaban J connectivity index is 1.79. The zero-order valence-corrected chi connectivity index (χ0v) is 13.1. The second kappa shape index (κ2) is 6.03. The highest BCUT2D eigenvalue weighted by Crippen LogP contribution is 2.37. The maximum absolute atomic E-state index is 6.50. The van der Waals surface area contributed by atoms with Crippen LogP contribution >= 0.6 is 0 Å². The minimum Gasteiger partial charge on any atom is -0.324 e. The highest BCUT2D eigenvalue weighted by molar-refractivity contribution is 5.35. The van der Waals surface area contributed by atoms with E-state index in [1.54, 1.807) is 0 Å². The van der Waals surface area contributed by atoms with Gasteiger partial charge in [-0.15, -0.1) is 0 Å². The third-order valence-electron chi connectivity index (χ3n) is 4.99. The first-order valence-electron chi connectivity index (χ1n) is 8.05. The highest BCUT2D eigenvalue weighted by atomic mass is 14.6. The minimum absolute atomic E-state index is 0.139. The van der Waals surface area contributed by atoms with Crippen LogP contribution < -0.4 is 5.73 Å². The summed E-state index contributed by atoms with van der Waals surface area (Å²) in [6.45, 7) is 4.32. The van der Waals surface area contributed by atoms with Crippen molar-refractivity contribution in [2.45, 2.75) is 51.5 Å². The van der Waals surface area contributed by atoms with Crippen LogP contribution in [-0.4, -0.2) is 0 Å². The van der Waals surface area contributed by atoms with Crippen molar-refractivity contribution in [2.75, 3.05) is 0 Å². The first-order valence-corrected chi connectivity index (χ1v) is 8.05. The van der Waals surface area contributed by atoms with E-state index in [0.29, 0.717) is 5.92 Å². The Hall–Kier alpha value is -1.60. The third-order valence-corrected chi connectivity index (χ3v) is 4.99. The van der Waals surface area contributed by atoms with Crippen LogP contribution in [-0.2, 0) is 6.42 Å². The molecule has 0 bridgehead atoms. The summed E-state index contributed by atoms with van der Waals surface area (Å²) in [5.74, 6) is 0.617. The van der Waals surface area contributed by atoms with E-state index in [4.69, 9.17) is 5.73 Å². The van der Waals surface area contributed by atoms with Crippen molar-refractivity contribution >= 4 is 0 Å². The van der Waals surface area contributed by atoms with Crippen LogP contribution in [0, 0.1) is 13.8 Å². The van der Waals surface area contributed by atoms with Crippen molar-refractivity contribution in [2.24, 2.45) is 5.73 Å². The molecule has 0 amide bonds. The number of benzene rings is 2. The van der Waals surface area contributed by atoms with Crippen LogP contribution in [0.3, 0.4) is 0 Å². The molecule has 2 N–H and O–H groups in total. The predicted octanol–water partition coefficient (Wildman–Crippen LogP) is 4.81. The van der Waals surface area contributed by atoms with E-state index in [1.807, 2.05) is 0 Å². The van der Waals surface area contributed by atoms with E-state index < -0.39 is 0 Å². The molecule has 2 aromatic rings. The summed E-state index contributed by atoms with van der Waals surface area (Å²) in [4.78, 5) is 0. The first-order chi connectivity index (χ1) is 10.1. The topological polar surface area (TPSA) is 26.0 Å². The summed E-state index contributed by atoms with van der Waals surface area (Å²) >= 11 is 0. The normalized spacial score (nSPS) is 19.1. The summed E-state index contributed by atoms with van der Waals surface area (Å²) in [6, 6.07) is 15.7. The molecular formula is C20H25N. The molecule has 1 aliphatic rings. The monoisotopic (exact) mass is 279 g/mol. The van der Waals surface area contributed by atoms with Gasteiger partial charge in [0.1, 0.15) is 0 Å². The van der Waals surface area contributed by atoms with Gasteiger partial charge in [0.25, 0.3) is 0 Å². The Morgan fingerprint density at radius 1 is 1.10 bits per heavy atom. The zero-order chi connectivity index (χ0) is 14.8. The predicted molar refractivity (Wildman–Crippen MR) is 89.6 cm³/mol. The molecule has 1 aliphatic carbocycles. The molecule has 0 saturated carbocycles. The van der Waals surface area contributed by atoms with Crippen molar-refractivity contribution in [3.8, 4) is 0 Å². The smallest absolute Gasteiger partial charge is 0.0300 e. The van der Waals surface area contributed by atoms with Crippen molar-refractivity contribution in [1.29, 1.82) is 0 Å². The van der Waals surface area contributed by atoms with Gasteiger partial charge in [0.2, 0.25) is 0 Å². The lowest BCUT2D eigenvalue weighted by Crippen LogP contribution is -2.18. The number of hydrogen-bond donors (Lipinski definition) is 1. The fourth-order valence-corrected chi connectivity index (χ4v) is 3.54. The Bertz CT molecular complexity index is 629. The zero-order valence-electron chi connectivity index (χ0n) is 13.1. The van der Waals surface area contributed by atoms with Crippen LogP contribution in [0.2, 0.25) is 0 Å². The number of fused-ring (bicyclic) bond motifs is 1. The third kappa shape index (κ3) is 3.03. The van der Waals surface area contributed by atoms with Gasteiger partial charge in [-0.2, -0.15) is 0 Å². The molecule has 0 fully saturated rings. The molecule has 2 atom stereocenters. The van der Waals surface area contributed by atoms with Gasteiger partial charge >= 0.3 is 0 Å². The van der Waals surface area contributed by atoms with Gasteiger partial charge in [0.15, 0.2) is 0 Å². The average Bonchev–Trinajstić information content (AvgIpc) is 2.50. The van der Waals surface area contributed by atoms with Gasteiger partial charge in [-0.3, -0.25) is 0 Å². The molecule has 0 spiro atoms. The standard InChI is InChI=1S/C20H25N/c1-14-10-11-18(12-15(14)2)20(21)13-17-8-5-7-16-6-3-4-9-19(16)17/h3-4,6,9-12,17,20H,5,7-8,13,21H2,1-2H3. The number of rotatable bonds is 3. The maximum atomic E-state index is 6.50. The number of aryl methyl sites for hydroxylation is 3. The Morgan fingerprint density at radius 3 is 2.71 bits per heavy atom. The average molecular weight is 279 g/mol. The summed E-state index contributed by atoms with van der Waals surface area (Å²) in [5, 5.41) is 0. The Kier molecular flexibility index (Phi) is 4.12. The molecule has 2 unspecified atom stereocenters. The van der Waals surface area contributed by atoms with E-state index in [1.165, 1.54) is 47.1 Å². The van der Waals surface area contributed by atoms with E-state index in [9.17, 15) is 0 Å². The molecule has 21 heavy (non-hydrogen) atoms. The maximum Gasteiger partial charge on any atom is 0.0300 e. The Labute approximate surface area is 128 Å². The summed E-state index contributed by atoms with van der Waals surface area (Å²) in [5.41, 5.74) is 13.5. The molecule has 0 radical (unpaired) electrons. The van der Waals surface area contributed by atoms with E-state index in [-0.39, 0.29) is 6.04 Å². The van der Waals surface area contributed by atoms with Crippen molar-refractivity contribution < 1.29 is 0 Å². The molecule has 0 heterocycles. The van der Waals surface area contributed by atoms with Gasteiger partial charge < -0.3 is 5.73 Å².